The molecular formula is C14H13BrO2S. The van der Waals surface area contributed by atoms with Crippen molar-refractivity contribution in [2.45, 2.75) is 9.72 Å². The highest BCUT2D eigenvalue weighted by atomic mass is 79.9. The normalized spacial score (nSPS) is 13.2. The van der Waals surface area contributed by atoms with Crippen LogP contribution in [0.5, 0.6) is 0 Å². The van der Waals surface area contributed by atoms with E-state index in [1.807, 2.05) is 36.4 Å². The molecule has 2 aromatic carbocycles. The number of alkyl halides is 1. The second-order valence-electron chi connectivity index (χ2n) is 3.97. The molecule has 0 saturated carbocycles. The molecule has 18 heavy (non-hydrogen) atoms. The predicted octanol–water partition coefficient (Wildman–Crippen LogP) is 3.60. The van der Waals surface area contributed by atoms with Crippen LogP contribution < -0.4 is 0 Å². The van der Waals surface area contributed by atoms with Crippen molar-refractivity contribution in [1.29, 1.82) is 0 Å². The smallest absolute Gasteiger partial charge is 0.179 e. The van der Waals surface area contributed by atoms with Crippen molar-refractivity contribution >= 4 is 25.8 Å². The summed E-state index contributed by atoms with van der Waals surface area (Å²) in [6.07, 6.45) is 0. The Morgan fingerprint density at radius 2 is 1.39 bits per heavy atom. The third-order valence-corrected chi connectivity index (χ3v) is 5.67. The van der Waals surface area contributed by atoms with Gasteiger partial charge in [0.2, 0.25) is 0 Å². The van der Waals surface area contributed by atoms with E-state index in [1.165, 1.54) is 0 Å². The van der Waals surface area contributed by atoms with Gasteiger partial charge in [0.15, 0.2) is 9.84 Å². The summed E-state index contributed by atoms with van der Waals surface area (Å²) in [6.45, 7) is 0. The third-order valence-electron chi connectivity index (χ3n) is 2.63. The first-order valence-corrected chi connectivity index (χ1v) is 8.13. The highest BCUT2D eigenvalue weighted by Crippen LogP contribution is 2.26. The van der Waals surface area contributed by atoms with E-state index in [-0.39, 0.29) is 10.6 Å². The molecule has 0 saturated heterocycles. The monoisotopic (exact) mass is 324 g/mol. The maximum atomic E-state index is 12.2. The van der Waals surface area contributed by atoms with E-state index in [0.29, 0.717) is 4.90 Å². The zero-order chi connectivity index (χ0) is 13.0. The van der Waals surface area contributed by atoms with Gasteiger partial charge in [-0.25, -0.2) is 8.42 Å². The van der Waals surface area contributed by atoms with E-state index >= 15 is 0 Å². The molecule has 1 atom stereocenters. The van der Waals surface area contributed by atoms with Crippen LogP contribution in [0.4, 0.5) is 0 Å². The van der Waals surface area contributed by atoms with E-state index in [2.05, 4.69) is 15.9 Å². The van der Waals surface area contributed by atoms with Crippen LogP contribution in [-0.2, 0) is 9.84 Å². The molecule has 0 heterocycles. The minimum absolute atomic E-state index is 0.0566. The Morgan fingerprint density at radius 3 is 1.94 bits per heavy atom. The fourth-order valence-corrected chi connectivity index (χ4v) is 4.37. The van der Waals surface area contributed by atoms with Crippen molar-refractivity contribution in [3.63, 3.8) is 0 Å². The number of hydrogen-bond acceptors (Lipinski definition) is 2. The molecule has 0 unspecified atom stereocenters. The Labute approximate surface area is 116 Å². The number of halogens is 1. The number of rotatable bonds is 4. The fourth-order valence-electron chi connectivity index (χ4n) is 1.67. The van der Waals surface area contributed by atoms with Crippen LogP contribution in [0.15, 0.2) is 65.6 Å². The first kappa shape index (κ1) is 13.3. The van der Waals surface area contributed by atoms with E-state index in [1.54, 1.807) is 24.3 Å². The molecule has 0 bridgehead atoms. The first-order valence-electron chi connectivity index (χ1n) is 5.56. The Balaban J connectivity index is 2.20. The summed E-state index contributed by atoms with van der Waals surface area (Å²) >= 11 is 3.44. The van der Waals surface area contributed by atoms with Crippen molar-refractivity contribution in [3.05, 3.63) is 66.2 Å². The minimum atomic E-state index is -3.25. The van der Waals surface area contributed by atoms with Crippen molar-refractivity contribution in [1.82, 2.24) is 0 Å². The topological polar surface area (TPSA) is 34.1 Å². The number of sulfone groups is 1. The highest BCUT2D eigenvalue weighted by molar-refractivity contribution is 9.09. The Morgan fingerprint density at radius 1 is 0.889 bits per heavy atom. The predicted molar refractivity (Wildman–Crippen MR) is 76.6 cm³/mol. The first-order chi connectivity index (χ1) is 8.59. The van der Waals surface area contributed by atoms with Crippen molar-refractivity contribution in [2.75, 3.05) is 5.75 Å². The summed E-state index contributed by atoms with van der Waals surface area (Å²) in [6, 6.07) is 18.1. The van der Waals surface area contributed by atoms with Crippen LogP contribution in [-0.4, -0.2) is 14.2 Å². The molecule has 2 rings (SSSR count). The maximum Gasteiger partial charge on any atom is 0.179 e. The maximum absolute atomic E-state index is 12.2. The Kier molecular flexibility index (Phi) is 4.19. The molecule has 0 spiro atoms. The van der Waals surface area contributed by atoms with Gasteiger partial charge in [0.1, 0.15) is 0 Å². The van der Waals surface area contributed by atoms with Crippen molar-refractivity contribution in [3.8, 4) is 0 Å². The molecule has 0 aromatic heterocycles. The molecule has 0 fully saturated rings. The van der Waals surface area contributed by atoms with Crippen LogP contribution in [0.25, 0.3) is 0 Å². The van der Waals surface area contributed by atoms with Gasteiger partial charge in [-0.1, -0.05) is 64.5 Å². The Bertz CT molecular complexity index is 594. The van der Waals surface area contributed by atoms with Gasteiger partial charge < -0.3 is 0 Å². The molecule has 0 aliphatic rings. The average Bonchev–Trinajstić information content (AvgIpc) is 2.40. The minimum Gasteiger partial charge on any atom is -0.224 e. The molecule has 0 radical (unpaired) electrons. The van der Waals surface area contributed by atoms with Gasteiger partial charge in [0, 0.05) is 0 Å². The van der Waals surface area contributed by atoms with E-state index in [0.717, 1.165) is 5.56 Å². The fraction of sp³-hybridized carbons (Fsp3) is 0.143. The molecule has 0 aliphatic carbocycles. The lowest BCUT2D eigenvalue weighted by molar-refractivity contribution is 0.595. The lowest BCUT2D eigenvalue weighted by atomic mass is 10.2. The molecule has 4 heteroatoms. The number of hydrogen-bond donors (Lipinski definition) is 0. The van der Waals surface area contributed by atoms with Gasteiger partial charge in [-0.05, 0) is 17.7 Å². The van der Waals surface area contributed by atoms with Crippen LogP contribution in [0.3, 0.4) is 0 Å². The average molecular weight is 325 g/mol. The second kappa shape index (κ2) is 5.67. The molecule has 2 nitrogen and oxygen atoms in total. The summed E-state index contributed by atoms with van der Waals surface area (Å²) in [7, 11) is -3.25. The largest absolute Gasteiger partial charge is 0.224 e. The summed E-state index contributed by atoms with van der Waals surface area (Å²) in [5.41, 5.74) is 0.969. The molecule has 0 amide bonds. The third kappa shape index (κ3) is 3.21. The lowest BCUT2D eigenvalue weighted by Crippen LogP contribution is -2.11. The standard InChI is InChI=1S/C14H13BrO2S/c15-14(12-7-3-1-4-8-12)11-18(16,17)13-9-5-2-6-10-13/h1-10,14H,11H2/t14-/m1/s1. The van der Waals surface area contributed by atoms with Crippen LogP contribution in [0.2, 0.25) is 0 Å². The Hall–Kier alpha value is -1.13. The van der Waals surface area contributed by atoms with Crippen LogP contribution >= 0.6 is 15.9 Å². The van der Waals surface area contributed by atoms with Gasteiger partial charge in [-0.3, -0.25) is 0 Å². The van der Waals surface area contributed by atoms with Gasteiger partial charge in [-0.2, -0.15) is 0 Å². The zero-order valence-electron chi connectivity index (χ0n) is 9.66. The van der Waals surface area contributed by atoms with Gasteiger partial charge in [0.05, 0.1) is 15.5 Å². The zero-order valence-corrected chi connectivity index (χ0v) is 12.1. The summed E-state index contributed by atoms with van der Waals surface area (Å²) in [5, 5.41) is 0. The van der Waals surface area contributed by atoms with Gasteiger partial charge in [0.25, 0.3) is 0 Å². The molecule has 2 aromatic rings. The van der Waals surface area contributed by atoms with Crippen molar-refractivity contribution in [2.24, 2.45) is 0 Å². The second-order valence-corrected chi connectivity index (χ2v) is 7.11. The number of benzene rings is 2. The molecular weight excluding hydrogens is 312 g/mol. The highest BCUT2D eigenvalue weighted by Gasteiger charge is 2.20. The molecule has 0 aliphatic heterocycles. The lowest BCUT2D eigenvalue weighted by Gasteiger charge is -2.10. The van der Waals surface area contributed by atoms with Crippen LogP contribution in [0.1, 0.15) is 10.4 Å². The molecule has 0 N–H and O–H groups in total. The summed E-state index contributed by atoms with van der Waals surface area (Å²) < 4.78 is 24.4. The molecule has 94 valence electrons. The summed E-state index contributed by atoms with van der Waals surface area (Å²) in [5.74, 6) is 0.0566. The van der Waals surface area contributed by atoms with E-state index in [9.17, 15) is 8.42 Å². The van der Waals surface area contributed by atoms with Crippen LogP contribution in [0, 0.1) is 0 Å². The van der Waals surface area contributed by atoms with Gasteiger partial charge >= 0.3 is 0 Å². The quantitative estimate of drug-likeness (QED) is 0.805. The SMILES string of the molecule is O=S(=O)(C[C@@H](Br)c1ccccc1)c1ccccc1. The van der Waals surface area contributed by atoms with Gasteiger partial charge in [-0.15, -0.1) is 0 Å². The van der Waals surface area contributed by atoms with Crippen molar-refractivity contribution < 1.29 is 8.42 Å². The van der Waals surface area contributed by atoms with E-state index < -0.39 is 9.84 Å². The summed E-state index contributed by atoms with van der Waals surface area (Å²) in [4.78, 5) is 0.175. The van der Waals surface area contributed by atoms with E-state index in [4.69, 9.17) is 0 Å².